The van der Waals surface area contributed by atoms with E-state index in [-0.39, 0.29) is 6.10 Å². The summed E-state index contributed by atoms with van der Waals surface area (Å²) in [6.07, 6.45) is 1.27. The molecule has 0 amide bonds. The van der Waals surface area contributed by atoms with Crippen LogP contribution in [0.25, 0.3) is 0 Å². The predicted molar refractivity (Wildman–Crippen MR) is 65.2 cm³/mol. The van der Waals surface area contributed by atoms with E-state index in [0.717, 1.165) is 23.7 Å². The summed E-state index contributed by atoms with van der Waals surface area (Å²) < 4.78 is 5.90. The van der Waals surface area contributed by atoms with Crippen molar-refractivity contribution >= 4 is 27.7 Å². The van der Waals surface area contributed by atoms with Crippen molar-refractivity contribution in [3.05, 3.63) is 33.8 Å². The molecule has 0 saturated heterocycles. The van der Waals surface area contributed by atoms with Crippen molar-refractivity contribution in [3.8, 4) is 5.75 Å². The molecule has 0 bridgehead atoms. The summed E-state index contributed by atoms with van der Waals surface area (Å²) in [6.45, 7) is 0.908. The molecular weight excluding hydrogens is 226 g/mol. The van der Waals surface area contributed by atoms with Gasteiger partial charge in [0.2, 0.25) is 0 Å². The number of ether oxygens (including phenoxy) is 1. The number of nitrogens with one attached hydrogen (secondary N) is 1. The summed E-state index contributed by atoms with van der Waals surface area (Å²) >= 11 is 3.50. The summed E-state index contributed by atoms with van der Waals surface area (Å²) in [5, 5.41) is 8.74. The van der Waals surface area contributed by atoms with Crippen molar-refractivity contribution in [3.63, 3.8) is 0 Å². The van der Waals surface area contributed by atoms with Crippen LogP contribution < -0.4 is 10.1 Å². The second kappa shape index (κ2) is 3.87. The Hall–Kier alpha value is -1.00. The van der Waals surface area contributed by atoms with Gasteiger partial charge in [-0.25, -0.2) is 0 Å². The second-order valence-corrected chi connectivity index (χ2v) is 5.47. The van der Waals surface area contributed by atoms with Gasteiger partial charge >= 0.3 is 0 Å². The Kier molecular flexibility index (Phi) is 2.38. The standard InChI is InChI=1S/C11H11NOS2/c1-2-9(14-4-1)6-8-7-12-11-10(13-8)3-5-15-11/h1-5,8,12H,6-7H2. The van der Waals surface area contributed by atoms with E-state index in [1.165, 1.54) is 4.88 Å². The number of thiophene rings is 2. The van der Waals surface area contributed by atoms with Crippen LogP contribution in [0.4, 0.5) is 5.00 Å². The molecule has 78 valence electrons. The highest BCUT2D eigenvalue weighted by molar-refractivity contribution is 7.14. The van der Waals surface area contributed by atoms with Crippen molar-refractivity contribution in [1.29, 1.82) is 0 Å². The third-order valence-corrected chi connectivity index (χ3v) is 4.17. The van der Waals surface area contributed by atoms with Crippen LogP contribution >= 0.6 is 22.7 Å². The summed E-state index contributed by atoms with van der Waals surface area (Å²) in [7, 11) is 0. The van der Waals surface area contributed by atoms with Crippen LogP contribution in [0, 0.1) is 0 Å². The quantitative estimate of drug-likeness (QED) is 0.866. The molecule has 0 saturated carbocycles. The summed E-state index contributed by atoms with van der Waals surface area (Å²) in [4.78, 5) is 1.39. The average molecular weight is 237 g/mol. The monoisotopic (exact) mass is 237 g/mol. The Morgan fingerprint density at radius 1 is 1.33 bits per heavy atom. The van der Waals surface area contributed by atoms with E-state index in [9.17, 15) is 0 Å². The molecule has 0 aromatic carbocycles. The van der Waals surface area contributed by atoms with Gasteiger partial charge in [0.25, 0.3) is 0 Å². The topological polar surface area (TPSA) is 21.3 Å². The zero-order chi connectivity index (χ0) is 10.1. The van der Waals surface area contributed by atoms with E-state index >= 15 is 0 Å². The van der Waals surface area contributed by atoms with Crippen molar-refractivity contribution < 1.29 is 4.74 Å². The molecule has 4 heteroatoms. The molecule has 3 heterocycles. The molecule has 1 aliphatic rings. The van der Waals surface area contributed by atoms with Crippen LogP contribution in [0.2, 0.25) is 0 Å². The van der Waals surface area contributed by atoms with Crippen LogP contribution in [-0.2, 0) is 6.42 Å². The first-order chi connectivity index (χ1) is 7.42. The molecule has 1 unspecified atom stereocenters. The van der Waals surface area contributed by atoms with E-state index in [0.29, 0.717) is 0 Å². The number of hydrogen-bond acceptors (Lipinski definition) is 4. The number of fused-ring (bicyclic) bond motifs is 1. The van der Waals surface area contributed by atoms with Gasteiger partial charge in [-0.1, -0.05) is 6.07 Å². The first-order valence-electron chi connectivity index (χ1n) is 4.92. The largest absolute Gasteiger partial charge is 0.485 e. The van der Waals surface area contributed by atoms with E-state index in [1.54, 1.807) is 22.7 Å². The molecule has 0 fully saturated rings. The summed E-state index contributed by atoms with van der Waals surface area (Å²) in [5.74, 6) is 1.01. The van der Waals surface area contributed by atoms with Gasteiger partial charge < -0.3 is 10.1 Å². The van der Waals surface area contributed by atoms with Gasteiger partial charge in [-0.15, -0.1) is 22.7 Å². The lowest BCUT2D eigenvalue weighted by Gasteiger charge is -2.24. The van der Waals surface area contributed by atoms with E-state index < -0.39 is 0 Å². The van der Waals surface area contributed by atoms with Gasteiger partial charge in [0.15, 0.2) is 5.75 Å². The predicted octanol–water partition coefficient (Wildman–Crippen LogP) is 3.23. The Balaban J connectivity index is 1.71. The van der Waals surface area contributed by atoms with Crippen LogP contribution in [0.3, 0.4) is 0 Å². The van der Waals surface area contributed by atoms with Crippen molar-refractivity contribution in [2.75, 3.05) is 11.9 Å². The SMILES string of the molecule is c1csc(CC2CNc3sccc3O2)c1. The molecule has 1 aliphatic heterocycles. The molecule has 2 aromatic rings. The smallest absolute Gasteiger partial charge is 0.154 e. The lowest BCUT2D eigenvalue weighted by Crippen LogP contribution is -2.31. The fourth-order valence-corrected chi connectivity index (χ4v) is 3.21. The Bertz CT molecular complexity index is 435. The zero-order valence-electron chi connectivity index (χ0n) is 8.10. The number of rotatable bonds is 2. The van der Waals surface area contributed by atoms with Crippen LogP contribution in [0.15, 0.2) is 29.0 Å². The van der Waals surface area contributed by atoms with Gasteiger partial charge in [-0.05, 0) is 22.9 Å². The van der Waals surface area contributed by atoms with Crippen LogP contribution in [0.1, 0.15) is 4.88 Å². The van der Waals surface area contributed by atoms with E-state index in [1.807, 2.05) is 6.07 Å². The molecular formula is C11H11NOS2. The normalized spacial score (nSPS) is 19.1. The molecule has 15 heavy (non-hydrogen) atoms. The molecule has 3 rings (SSSR count). The minimum Gasteiger partial charge on any atom is -0.485 e. The minimum atomic E-state index is 0.269. The van der Waals surface area contributed by atoms with Gasteiger partial charge in [0.05, 0.1) is 6.54 Å². The van der Waals surface area contributed by atoms with E-state index in [2.05, 4.69) is 28.2 Å². The third kappa shape index (κ3) is 1.87. The van der Waals surface area contributed by atoms with Crippen LogP contribution in [0.5, 0.6) is 5.75 Å². The third-order valence-electron chi connectivity index (χ3n) is 2.42. The van der Waals surface area contributed by atoms with Gasteiger partial charge in [0, 0.05) is 11.3 Å². The first-order valence-corrected chi connectivity index (χ1v) is 6.68. The first kappa shape index (κ1) is 9.24. The Morgan fingerprint density at radius 2 is 2.33 bits per heavy atom. The highest BCUT2D eigenvalue weighted by Gasteiger charge is 2.20. The maximum absolute atomic E-state index is 5.90. The Labute approximate surface area is 96.5 Å². The average Bonchev–Trinajstić information content (AvgIpc) is 2.87. The number of anilines is 1. The van der Waals surface area contributed by atoms with Gasteiger partial charge in [-0.2, -0.15) is 0 Å². The molecule has 2 nitrogen and oxygen atoms in total. The highest BCUT2D eigenvalue weighted by atomic mass is 32.1. The highest BCUT2D eigenvalue weighted by Crippen LogP contribution is 2.35. The summed E-state index contributed by atoms with van der Waals surface area (Å²) in [5.41, 5.74) is 0. The molecule has 0 spiro atoms. The maximum atomic E-state index is 5.90. The van der Waals surface area contributed by atoms with Crippen LogP contribution in [-0.4, -0.2) is 12.6 Å². The van der Waals surface area contributed by atoms with Gasteiger partial charge in [-0.3, -0.25) is 0 Å². The number of hydrogen-bond donors (Lipinski definition) is 1. The Morgan fingerprint density at radius 3 is 3.20 bits per heavy atom. The molecule has 1 N–H and O–H groups in total. The minimum absolute atomic E-state index is 0.269. The van der Waals surface area contributed by atoms with Crippen molar-refractivity contribution in [2.45, 2.75) is 12.5 Å². The fourth-order valence-electron chi connectivity index (χ4n) is 1.71. The molecule has 2 aromatic heterocycles. The van der Waals surface area contributed by atoms with E-state index in [4.69, 9.17) is 4.74 Å². The zero-order valence-corrected chi connectivity index (χ0v) is 9.74. The lowest BCUT2D eigenvalue weighted by molar-refractivity contribution is 0.209. The summed E-state index contributed by atoms with van der Waals surface area (Å²) in [6, 6.07) is 6.29. The fraction of sp³-hybridized carbons (Fsp3) is 0.273. The second-order valence-electron chi connectivity index (χ2n) is 3.52. The van der Waals surface area contributed by atoms with Crippen molar-refractivity contribution in [2.24, 2.45) is 0 Å². The lowest BCUT2D eigenvalue weighted by atomic mass is 10.2. The molecule has 0 aliphatic carbocycles. The molecule has 1 atom stereocenters. The van der Waals surface area contributed by atoms with Crippen molar-refractivity contribution in [1.82, 2.24) is 0 Å². The molecule has 0 radical (unpaired) electrons. The maximum Gasteiger partial charge on any atom is 0.154 e. The van der Waals surface area contributed by atoms with Gasteiger partial charge in [0.1, 0.15) is 11.1 Å².